The lowest BCUT2D eigenvalue weighted by Gasteiger charge is -2.42. The van der Waals surface area contributed by atoms with Crippen LogP contribution in [0.2, 0.25) is 6.55 Å². The zero-order chi connectivity index (χ0) is 16.2. The molecule has 0 N–H and O–H groups in total. The highest BCUT2D eigenvalue weighted by molar-refractivity contribution is 6.59. The summed E-state index contributed by atoms with van der Waals surface area (Å²) in [6, 6.07) is 0. The Hall–Kier alpha value is -0.0231. The van der Waals surface area contributed by atoms with Crippen LogP contribution in [0, 0.1) is 0 Å². The van der Waals surface area contributed by atoms with E-state index in [1.807, 2.05) is 0 Å². The highest BCUT2D eigenvalue weighted by atomic mass is 28.4. The third-order valence-electron chi connectivity index (χ3n) is 2.77. The van der Waals surface area contributed by atoms with Crippen LogP contribution >= 0.6 is 0 Å². The van der Waals surface area contributed by atoms with Crippen LogP contribution in [0.1, 0.15) is 41.5 Å². The SMILES string of the molecule is COC(C)(C)O[Si](C)(OC(C)(C)OC)OC(C)(C)OC. The average Bonchev–Trinajstić information content (AvgIpc) is 2.26. The number of rotatable bonds is 9. The van der Waals surface area contributed by atoms with E-state index in [9.17, 15) is 0 Å². The first-order chi connectivity index (χ1) is 8.80. The van der Waals surface area contributed by atoms with Gasteiger partial charge in [0, 0.05) is 27.9 Å². The van der Waals surface area contributed by atoms with Gasteiger partial charge in [-0.2, -0.15) is 0 Å². The highest BCUT2D eigenvalue weighted by Crippen LogP contribution is 2.29. The van der Waals surface area contributed by atoms with Crippen LogP contribution in [0.4, 0.5) is 0 Å². The fourth-order valence-corrected chi connectivity index (χ4v) is 4.58. The molecule has 0 aliphatic rings. The second-order valence-electron chi connectivity index (χ2n) is 5.98. The molecule has 0 radical (unpaired) electrons. The summed E-state index contributed by atoms with van der Waals surface area (Å²) in [4.78, 5) is 0. The Morgan fingerprint density at radius 2 is 0.750 bits per heavy atom. The Kier molecular flexibility index (Phi) is 6.82. The van der Waals surface area contributed by atoms with Crippen molar-refractivity contribution in [1.29, 1.82) is 0 Å². The van der Waals surface area contributed by atoms with Gasteiger partial charge >= 0.3 is 8.80 Å². The molecule has 0 saturated carbocycles. The minimum atomic E-state index is -3.09. The molecule has 0 spiro atoms. The van der Waals surface area contributed by atoms with Crippen molar-refractivity contribution in [1.82, 2.24) is 0 Å². The zero-order valence-electron chi connectivity index (χ0n) is 14.4. The molecule has 122 valence electrons. The van der Waals surface area contributed by atoms with Crippen molar-refractivity contribution in [3.8, 4) is 0 Å². The number of hydrogen-bond acceptors (Lipinski definition) is 6. The van der Waals surface area contributed by atoms with Gasteiger partial charge in [-0.3, -0.25) is 0 Å². The molecular weight excluding hydrogens is 280 g/mol. The maximum Gasteiger partial charge on any atom is 0.504 e. The molecule has 0 saturated heterocycles. The minimum absolute atomic E-state index is 0.839. The predicted molar refractivity (Wildman–Crippen MR) is 78.1 cm³/mol. The number of methoxy groups -OCH3 is 3. The van der Waals surface area contributed by atoms with Crippen LogP contribution in [0.15, 0.2) is 0 Å². The smallest absolute Gasteiger partial charge is 0.355 e. The van der Waals surface area contributed by atoms with E-state index in [2.05, 4.69) is 0 Å². The fourth-order valence-electron chi connectivity index (χ4n) is 1.53. The first-order valence-corrected chi connectivity index (χ1v) is 8.79. The van der Waals surface area contributed by atoms with E-state index in [1.54, 1.807) is 69.4 Å². The number of ether oxygens (including phenoxy) is 3. The van der Waals surface area contributed by atoms with E-state index in [-0.39, 0.29) is 0 Å². The third kappa shape index (κ3) is 7.12. The van der Waals surface area contributed by atoms with E-state index in [4.69, 9.17) is 27.5 Å². The highest BCUT2D eigenvalue weighted by Gasteiger charge is 2.49. The quantitative estimate of drug-likeness (QED) is 0.482. The van der Waals surface area contributed by atoms with Crippen molar-refractivity contribution in [2.45, 2.75) is 65.5 Å². The first kappa shape index (κ1) is 20.0. The van der Waals surface area contributed by atoms with Crippen molar-refractivity contribution in [3.05, 3.63) is 0 Å². The van der Waals surface area contributed by atoms with E-state index < -0.39 is 26.2 Å². The Morgan fingerprint density at radius 3 is 0.900 bits per heavy atom. The van der Waals surface area contributed by atoms with Crippen LogP contribution in [0.5, 0.6) is 0 Å². The molecule has 0 bridgehead atoms. The normalized spacial score (nSPS) is 14.7. The van der Waals surface area contributed by atoms with Gasteiger partial charge in [-0.1, -0.05) is 0 Å². The van der Waals surface area contributed by atoms with Gasteiger partial charge in [0.1, 0.15) is 0 Å². The summed E-state index contributed by atoms with van der Waals surface area (Å²) in [6.45, 7) is 12.6. The maximum atomic E-state index is 5.96. The molecular formula is C13H30O6Si. The van der Waals surface area contributed by atoms with E-state index in [0.29, 0.717) is 0 Å². The van der Waals surface area contributed by atoms with Crippen LogP contribution in [0.25, 0.3) is 0 Å². The lowest BCUT2D eigenvalue weighted by atomic mass is 10.4. The topological polar surface area (TPSA) is 55.4 Å². The molecule has 0 aromatic carbocycles. The summed E-state index contributed by atoms with van der Waals surface area (Å²) in [6.07, 6.45) is 0. The predicted octanol–water partition coefficient (Wildman–Crippen LogP) is 2.75. The van der Waals surface area contributed by atoms with E-state index in [1.165, 1.54) is 0 Å². The molecule has 0 rings (SSSR count). The molecule has 6 nitrogen and oxygen atoms in total. The maximum absolute atomic E-state index is 5.96. The van der Waals surface area contributed by atoms with Gasteiger partial charge in [-0.05, 0) is 41.5 Å². The molecule has 0 unspecified atom stereocenters. The molecule has 0 atom stereocenters. The molecule has 0 amide bonds. The van der Waals surface area contributed by atoms with Gasteiger partial charge in [-0.25, -0.2) is 0 Å². The minimum Gasteiger partial charge on any atom is -0.355 e. The lowest BCUT2D eigenvalue weighted by Crippen LogP contribution is -2.57. The second kappa shape index (κ2) is 6.82. The van der Waals surface area contributed by atoms with Gasteiger partial charge in [-0.15, -0.1) is 0 Å². The van der Waals surface area contributed by atoms with Gasteiger partial charge in [0.2, 0.25) is 0 Å². The molecule has 0 aliphatic carbocycles. The van der Waals surface area contributed by atoms with Crippen molar-refractivity contribution >= 4 is 8.80 Å². The van der Waals surface area contributed by atoms with E-state index >= 15 is 0 Å². The van der Waals surface area contributed by atoms with Crippen molar-refractivity contribution in [2.24, 2.45) is 0 Å². The van der Waals surface area contributed by atoms with Gasteiger partial charge < -0.3 is 27.5 Å². The Labute approximate surface area is 124 Å². The van der Waals surface area contributed by atoms with Gasteiger partial charge in [0.05, 0.1) is 0 Å². The van der Waals surface area contributed by atoms with Gasteiger partial charge in [0.25, 0.3) is 0 Å². The Balaban J connectivity index is 5.23. The summed E-state index contributed by atoms with van der Waals surface area (Å²) in [7, 11) is 1.61. The lowest BCUT2D eigenvalue weighted by molar-refractivity contribution is -0.244. The second-order valence-corrected chi connectivity index (χ2v) is 8.32. The molecule has 0 fully saturated rings. The van der Waals surface area contributed by atoms with Crippen LogP contribution < -0.4 is 0 Å². The molecule has 20 heavy (non-hydrogen) atoms. The fraction of sp³-hybridized carbons (Fsp3) is 1.00. The van der Waals surface area contributed by atoms with Crippen LogP contribution in [0.3, 0.4) is 0 Å². The van der Waals surface area contributed by atoms with Crippen molar-refractivity contribution < 1.29 is 27.5 Å². The largest absolute Gasteiger partial charge is 0.504 e. The van der Waals surface area contributed by atoms with Crippen LogP contribution in [-0.2, 0) is 27.5 Å². The van der Waals surface area contributed by atoms with E-state index in [0.717, 1.165) is 0 Å². The summed E-state index contributed by atoms with van der Waals surface area (Å²) in [5.74, 6) is -2.52. The Bertz CT molecular complexity index is 258. The Morgan fingerprint density at radius 1 is 0.550 bits per heavy atom. The molecule has 7 heteroatoms. The van der Waals surface area contributed by atoms with Crippen molar-refractivity contribution in [2.75, 3.05) is 21.3 Å². The molecule has 0 aliphatic heterocycles. The summed E-state index contributed by atoms with van der Waals surface area (Å²) < 4.78 is 33.8. The van der Waals surface area contributed by atoms with Gasteiger partial charge in [0.15, 0.2) is 17.4 Å². The summed E-state index contributed by atoms with van der Waals surface area (Å²) in [5, 5.41) is 0. The standard InChI is InChI=1S/C13H30O6Si/c1-11(2,14-7)17-20(10,18-12(3,4)15-8)19-13(5,6)16-9/h1-10H3. The molecule has 0 aromatic heterocycles. The monoisotopic (exact) mass is 310 g/mol. The number of hydrogen-bond donors (Lipinski definition) is 0. The first-order valence-electron chi connectivity index (χ1n) is 6.56. The third-order valence-corrected chi connectivity index (χ3v) is 5.36. The summed E-state index contributed by atoms with van der Waals surface area (Å²) in [5.41, 5.74) is 0. The summed E-state index contributed by atoms with van der Waals surface area (Å²) >= 11 is 0. The molecule has 0 aromatic rings. The molecule has 0 heterocycles. The van der Waals surface area contributed by atoms with Crippen LogP contribution in [-0.4, -0.2) is 47.5 Å². The zero-order valence-corrected chi connectivity index (χ0v) is 15.4. The van der Waals surface area contributed by atoms with Crippen molar-refractivity contribution in [3.63, 3.8) is 0 Å². The average molecular weight is 310 g/mol.